The maximum absolute atomic E-state index is 12.0. The van der Waals surface area contributed by atoms with Gasteiger partial charge in [0.2, 0.25) is 0 Å². The van der Waals surface area contributed by atoms with Gasteiger partial charge in [-0.25, -0.2) is 4.79 Å². The average molecular weight is 302 g/mol. The van der Waals surface area contributed by atoms with Crippen LogP contribution in [0.2, 0.25) is 0 Å². The van der Waals surface area contributed by atoms with E-state index >= 15 is 0 Å². The molecule has 22 heavy (non-hydrogen) atoms. The molecule has 116 valence electrons. The Morgan fingerprint density at radius 3 is 2.23 bits per heavy atom. The van der Waals surface area contributed by atoms with Gasteiger partial charge < -0.3 is 20.1 Å². The van der Waals surface area contributed by atoms with Crippen molar-refractivity contribution in [2.45, 2.75) is 26.2 Å². The number of esters is 1. The highest BCUT2D eigenvalue weighted by molar-refractivity contribution is 5.91. The Morgan fingerprint density at radius 1 is 1.05 bits per heavy atom. The summed E-state index contributed by atoms with van der Waals surface area (Å²) in [5.74, 6) is -1.87. The molecular weight excluding hydrogens is 284 g/mol. The number of benzene rings is 2. The van der Waals surface area contributed by atoms with E-state index in [1.165, 1.54) is 0 Å². The normalized spacial score (nSPS) is 11.9. The summed E-state index contributed by atoms with van der Waals surface area (Å²) in [4.78, 5) is 12.0. The van der Waals surface area contributed by atoms with Crippen LogP contribution in [0.5, 0.6) is 23.0 Å². The molecule has 0 heterocycles. The van der Waals surface area contributed by atoms with Gasteiger partial charge in [-0.3, -0.25) is 0 Å². The van der Waals surface area contributed by atoms with Crippen molar-refractivity contribution in [1.29, 1.82) is 0 Å². The maximum Gasteiger partial charge on any atom is 0.343 e. The summed E-state index contributed by atoms with van der Waals surface area (Å²) in [5, 5.41) is 28.2. The first-order chi connectivity index (χ1) is 10.4. The molecule has 0 spiro atoms. The quantitative estimate of drug-likeness (QED) is 0.348. The number of phenols is 3. The number of hydrogen-bond donors (Lipinski definition) is 3. The van der Waals surface area contributed by atoms with E-state index in [9.17, 15) is 20.1 Å². The van der Waals surface area contributed by atoms with Gasteiger partial charge in [0.15, 0.2) is 23.0 Å². The van der Waals surface area contributed by atoms with E-state index in [1.807, 2.05) is 12.1 Å². The van der Waals surface area contributed by atoms with Crippen LogP contribution in [-0.4, -0.2) is 21.3 Å². The fraction of sp³-hybridized carbons (Fsp3) is 0.235. The Bertz CT molecular complexity index is 676. The summed E-state index contributed by atoms with van der Waals surface area (Å²) >= 11 is 0. The van der Waals surface area contributed by atoms with Gasteiger partial charge in [-0.05, 0) is 30.0 Å². The average Bonchev–Trinajstić information content (AvgIpc) is 2.52. The zero-order valence-corrected chi connectivity index (χ0v) is 12.4. The van der Waals surface area contributed by atoms with E-state index < -0.39 is 23.2 Å². The van der Waals surface area contributed by atoms with E-state index in [0.717, 1.165) is 24.1 Å². The summed E-state index contributed by atoms with van der Waals surface area (Å²) in [6, 6.07) is 8.92. The first-order valence-corrected chi connectivity index (χ1v) is 6.99. The molecule has 0 aromatic heterocycles. The second-order valence-corrected chi connectivity index (χ2v) is 5.13. The Morgan fingerprint density at radius 2 is 1.64 bits per heavy atom. The van der Waals surface area contributed by atoms with Gasteiger partial charge in [-0.2, -0.15) is 0 Å². The smallest absolute Gasteiger partial charge is 0.343 e. The lowest BCUT2D eigenvalue weighted by molar-refractivity contribution is 0.0729. The highest BCUT2D eigenvalue weighted by atomic mass is 16.5. The molecule has 0 aliphatic rings. The van der Waals surface area contributed by atoms with E-state index in [2.05, 4.69) is 13.8 Å². The van der Waals surface area contributed by atoms with Crippen molar-refractivity contribution >= 4 is 5.97 Å². The molecule has 0 aliphatic carbocycles. The van der Waals surface area contributed by atoms with Gasteiger partial charge in [0.25, 0.3) is 0 Å². The summed E-state index contributed by atoms with van der Waals surface area (Å²) in [5.41, 5.74) is 1.46. The van der Waals surface area contributed by atoms with E-state index in [0.29, 0.717) is 11.5 Å². The van der Waals surface area contributed by atoms with E-state index in [-0.39, 0.29) is 5.75 Å². The standard InChI is InChI=1S/C17H18O5/c1-3-10(2)11-4-6-12(7-5-11)17(21)22-16-9-14(19)13(18)8-15(16)20/h4-10,18-20H,3H2,1-2H3. The number of ether oxygens (including phenoxy) is 1. The Balaban J connectivity index is 2.17. The summed E-state index contributed by atoms with van der Waals surface area (Å²) < 4.78 is 5.03. The molecule has 3 N–H and O–H groups in total. The second-order valence-electron chi connectivity index (χ2n) is 5.13. The van der Waals surface area contributed by atoms with Gasteiger partial charge in [-0.1, -0.05) is 26.0 Å². The molecule has 0 fully saturated rings. The third kappa shape index (κ3) is 3.31. The van der Waals surface area contributed by atoms with Crippen LogP contribution in [0.4, 0.5) is 0 Å². The van der Waals surface area contributed by atoms with Gasteiger partial charge in [0, 0.05) is 12.1 Å². The number of phenolic OH excluding ortho intramolecular Hbond substituents is 3. The van der Waals surface area contributed by atoms with E-state index in [1.54, 1.807) is 12.1 Å². The fourth-order valence-corrected chi connectivity index (χ4v) is 1.97. The molecule has 0 radical (unpaired) electrons. The highest BCUT2D eigenvalue weighted by Gasteiger charge is 2.15. The van der Waals surface area contributed by atoms with Gasteiger partial charge >= 0.3 is 5.97 Å². The van der Waals surface area contributed by atoms with E-state index in [4.69, 9.17) is 4.74 Å². The lowest BCUT2D eigenvalue weighted by Gasteiger charge is -2.10. The third-order valence-electron chi connectivity index (χ3n) is 3.59. The predicted octanol–water partition coefficient (Wildman–Crippen LogP) is 3.54. The van der Waals surface area contributed by atoms with Crippen LogP contribution in [0.3, 0.4) is 0 Å². The largest absolute Gasteiger partial charge is 0.504 e. The van der Waals surface area contributed by atoms with Crippen LogP contribution in [0.15, 0.2) is 36.4 Å². The van der Waals surface area contributed by atoms with Crippen molar-refractivity contribution in [2.75, 3.05) is 0 Å². The third-order valence-corrected chi connectivity index (χ3v) is 3.59. The maximum atomic E-state index is 12.0. The van der Waals surface area contributed by atoms with Crippen LogP contribution >= 0.6 is 0 Å². The summed E-state index contributed by atoms with van der Waals surface area (Å²) in [6.07, 6.45) is 1.00. The number of carbonyl (C=O) groups is 1. The topological polar surface area (TPSA) is 87.0 Å². The zero-order valence-electron chi connectivity index (χ0n) is 12.4. The number of carbonyl (C=O) groups excluding carboxylic acids is 1. The lowest BCUT2D eigenvalue weighted by Crippen LogP contribution is -2.08. The minimum atomic E-state index is -0.656. The first kappa shape index (κ1) is 15.7. The molecular formula is C17H18O5. The molecule has 0 saturated heterocycles. The lowest BCUT2D eigenvalue weighted by atomic mass is 9.98. The van der Waals surface area contributed by atoms with Crippen molar-refractivity contribution in [2.24, 2.45) is 0 Å². The fourth-order valence-electron chi connectivity index (χ4n) is 1.97. The molecule has 5 heteroatoms. The SMILES string of the molecule is CCC(C)c1ccc(C(=O)Oc2cc(O)c(O)cc2O)cc1. The number of hydrogen-bond acceptors (Lipinski definition) is 5. The zero-order chi connectivity index (χ0) is 16.3. The minimum absolute atomic E-state index is 0.216. The summed E-state index contributed by atoms with van der Waals surface area (Å²) in [7, 11) is 0. The molecule has 2 aromatic rings. The van der Waals surface area contributed by atoms with Crippen LogP contribution in [0.1, 0.15) is 42.1 Å². The van der Waals surface area contributed by atoms with Crippen LogP contribution in [0, 0.1) is 0 Å². The molecule has 1 atom stereocenters. The Hall–Kier alpha value is -2.69. The second kappa shape index (κ2) is 6.39. The summed E-state index contributed by atoms with van der Waals surface area (Å²) in [6.45, 7) is 4.19. The molecule has 0 amide bonds. The number of aromatic hydroxyl groups is 3. The molecule has 2 aromatic carbocycles. The van der Waals surface area contributed by atoms with Crippen molar-refractivity contribution < 1.29 is 24.9 Å². The molecule has 5 nitrogen and oxygen atoms in total. The Kier molecular flexibility index (Phi) is 4.56. The Labute approximate surface area is 128 Å². The van der Waals surface area contributed by atoms with Crippen LogP contribution < -0.4 is 4.74 Å². The minimum Gasteiger partial charge on any atom is -0.504 e. The highest BCUT2D eigenvalue weighted by Crippen LogP contribution is 2.37. The van der Waals surface area contributed by atoms with Gasteiger partial charge in [0.1, 0.15) is 0 Å². The molecule has 0 aliphatic heterocycles. The van der Waals surface area contributed by atoms with Crippen molar-refractivity contribution in [1.82, 2.24) is 0 Å². The number of rotatable bonds is 4. The van der Waals surface area contributed by atoms with Crippen molar-refractivity contribution in [3.8, 4) is 23.0 Å². The first-order valence-electron chi connectivity index (χ1n) is 6.99. The van der Waals surface area contributed by atoms with Crippen molar-refractivity contribution in [3.63, 3.8) is 0 Å². The van der Waals surface area contributed by atoms with Crippen molar-refractivity contribution in [3.05, 3.63) is 47.5 Å². The molecule has 0 bridgehead atoms. The van der Waals surface area contributed by atoms with Gasteiger partial charge in [-0.15, -0.1) is 0 Å². The predicted molar refractivity (Wildman–Crippen MR) is 81.5 cm³/mol. The van der Waals surface area contributed by atoms with Crippen LogP contribution in [0.25, 0.3) is 0 Å². The molecule has 0 saturated carbocycles. The molecule has 1 unspecified atom stereocenters. The van der Waals surface area contributed by atoms with Gasteiger partial charge in [0.05, 0.1) is 5.56 Å². The monoisotopic (exact) mass is 302 g/mol. The van der Waals surface area contributed by atoms with Crippen LogP contribution in [-0.2, 0) is 0 Å². The molecule has 2 rings (SSSR count).